The van der Waals surface area contributed by atoms with E-state index >= 15 is 0 Å². The van der Waals surface area contributed by atoms with Crippen molar-refractivity contribution in [1.29, 1.82) is 0 Å². The summed E-state index contributed by atoms with van der Waals surface area (Å²) in [5.41, 5.74) is 0. The monoisotopic (exact) mass is 874 g/mol. The number of allylic oxidation sites excluding steroid dienone is 3. The molecule has 12 atom stereocenters. The number of hydrogen-bond acceptors (Lipinski definition) is 13. The van der Waals surface area contributed by atoms with E-state index in [4.69, 9.17) is 18.9 Å². The fraction of sp³-hybridized carbons (Fsp3) is 0.894. The summed E-state index contributed by atoms with van der Waals surface area (Å²) < 4.78 is 22.6. The van der Waals surface area contributed by atoms with E-state index in [9.17, 15) is 45.6 Å². The Morgan fingerprint density at radius 1 is 0.574 bits per heavy atom. The van der Waals surface area contributed by atoms with Crippen molar-refractivity contribution in [2.75, 3.05) is 19.8 Å². The van der Waals surface area contributed by atoms with Gasteiger partial charge in [0, 0.05) is 6.42 Å². The molecule has 2 aliphatic heterocycles. The molecule has 0 aliphatic carbocycles. The first-order valence-corrected chi connectivity index (χ1v) is 24.1. The molecule has 14 nitrogen and oxygen atoms in total. The first-order chi connectivity index (χ1) is 29.6. The normalized spacial score (nSPS) is 28.2. The Kier molecular flexibility index (Phi) is 31.7. The first-order valence-electron chi connectivity index (χ1n) is 24.1. The van der Waals surface area contributed by atoms with Gasteiger partial charge in [0.15, 0.2) is 12.6 Å². The lowest BCUT2D eigenvalue weighted by Gasteiger charge is -2.46. The van der Waals surface area contributed by atoms with E-state index in [0.29, 0.717) is 6.42 Å². The molecule has 2 heterocycles. The number of nitrogens with one attached hydrogen (secondary N) is 1. The number of hydrogen-bond donors (Lipinski definition) is 9. The average molecular weight is 874 g/mol. The van der Waals surface area contributed by atoms with Crippen LogP contribution in [0, 0.1) is 0 Å². The van der Waals surface area contributed by atoms with Crippen molar-refractivity contribution >= 4 is 5.91 Å². The Balaban J connectivity index is 1.83. The molecule has 2 aliphatic rings. The van der Waals surface area contributed by atoms with Crippen LogP contribution < -0.4 is 5.32 Å². The second-order valence-electron chi connectivity index (χ2n) is 17.2. The first kappa shape index (κ1) is 55.6. The molecule has 358 valence electrons. The fourth-order valence-electron chi connectivity index (χ4n) is 7.87. The summed E-state index contributed by atoms with van der Waals surface area (Å²) in [5.74, 6) is -0.247. The molecule has 1 amide bonds. The smallest absolute Gasteiger partial charge is 0.220 e. The van der Waals surface area contributed by atoms with Crippen molar-refractivity contribution < 1.29 is 64.6 Å². The molecule has 0 spiro atoms. The quantitative estimate of drug-likeness (QED) is 0.0285. The molecule has 9 N–H and O–H groups in total. The van der Waals surface area contributed by atoms with Gasteiger partial charge in [-0.1, -0.05) is 147 Å². The highest BCUT2D eigenvalue weighted by Gasteiger charge is 2.51. The van der Waals surface area contributed by atoms with Crippen LogP contribution in [-0.4, -0.2) is 140 Å². The molecule has 0 saturated carbocycles. The summed E-state index contributed by atoms with van der Waals surface area (Å²) in [6, 6.07) is -0.911. The van der Waals surface area contributed by atoms with Crippen LogP contribution in [0.1, 0.15) is 174 Å². The van der Waals surface area contributed by atoms with E-state index in [-0.39, 0.29) is 18.9 Å². The van der Waals surface area contributed by atoms with Crippen molar-refractivity contribution in [3.8, 4) is 0 Å². The predicted octanol–water partition coefficient (Wildman–Crippen LogP) is 5.38. The molecule has 2 fully saturated rings. The number of aliphatic hydroxyl groups is 8. The Morgan fingerprint density at radius 2 is 1.03 bits per heavy atom. The van der Waals surface area contributed by atoms with Crippen LogP contribution in [0.5, 0.6) is 0 Å². The average Bonchev–Trinajstić information content (AvgIpc) is 3.26. The minimum absolute atomic E-state index is 0.247. The maximum absolute atomic E-state index is 13.1. The van der Waals surface area contributed by atoms with Gasteiger partial charge in [0.1, 0.15) is 48.8 Å². The van der Waals surface area contributed by atoms with Gasteiger partial charge in [0.2, 0.25) is 5.91 Å². The highest BCUT2D eigenvalue weighted by molar-refractivity contribution is 5.76. The maximum Gasteiger partial charge on any atom is 0.220 e. The molecule has 2 rings (SSSR count). The molecule has 0 aromatic rings. The number of unbranched alkanes of at least 4 members (excludes halogenated alkanes) is 21. The van der Waals surface area contributed by atoms with Gasteiger partial charge >= 0.3 is 0 Å². The van der Waals surface area contributed by atoms with Crippen molar-refractivity contribution in [1.82, 2.24) is 5.32 Å². The van der Waals surface area contributed by atoms with Crippen molar-refractivity contribution in [2.24, 2.45) is 0 Å². The van der Waals surface area contributed by atoms with Gasteiger partial charge in [0.05, 0.1) is 32.0 Å². The number of amides is 1. The molecule has 0 aromatic carbocycles. The van der Waals surface area contributed by atoms with Crippen LogP contribution in [0.4, 0.5) is 0 Å². The number of carbonyl (C=O) groups is 1. The van der Waals surface area contributed by atoms with Crippen molar-refractivity contribution in [3.63, 3.8) is 0 Å². The molecular weight excluding hydrogens is 787 g/mol. The zero-order chi connectivity index (χ0) is 44.7. The van der Waals surface area contributed by atoms with E-state index in [1.165, 1.54) is 103 Å². The molecule has 0 bridgehead atoms. The summed E-state index contributed by atoms with van der Waals surface area (Å²) >= 11 is 0. The lowest BCUT2D eigenvalue weighted by Crippen LogP contribution is -2.65. The van der Waals surface area contributed by atoms with Gasteiger partial charge in [0.25, 0.3) is 0 Å². The SMILES string of the molecule is CCCCCCCCC/C=C\CCCCCCCCCC(=O)NC(COC1OC(CO)C(OC2OC(CO)C(O)C(O)C2O)C(O)C1O)C(O)/C=C/CCCCCCCCC. The van der Waals surface area contributed by atoms with Gasteiger partial charge in [-0.25, -0.2) is 0 Å². The van der Waals surface area contributed by atoms with E-state index in [2.05, 4.69) is 31.3 Å². The van der Waals surface area contributed by atoms with Gasteiger partial charge in [-0.3, -0.25) is 4.79 Å². The molecule has 2 saturated heterocycles. The third-order valence-corrected chi connectivity index (χ3v) is 11.9. The topological polar surface area (TPSA) is 228 Å². The summed E-state index contributed by atoms with van der Waals surface area (Å²) in [7, 11) is 0. The summed E-state index contributed by atoms with van der Waals surface area (Å²) in [5, 5.41) is 86.4. The van der Waals surface area contributed by atoms with Gasteiger partial charge in [-0.15, -0.1) is 0 Å². The molecule has 14 heteroatoms. The standard InChI is InChI=1S/C47H87NO13/c1-3-5-7-9-11-13-14-15-16-17-18-19-20-21-23-25-27-29-31-39(52)48-35(36(51)30-28-26-24-22-12-10-8-6-4-2)34-58-46-44(57)42(55)45(38(33-50)60-46)61-47-43(56)41(54)40(53)37(32-49)59-47/h16-17,28,30,35-38,40-47,49-51,53-57H,3-15,18-27,29,31-34H2,1-2H3,(H,48,52)/b17-16-,30-28+. The Morgan fingerprint density at radius 3 is 1.56 bits per heavy atom. The van der Waals surface area contributed by atoms with Crippen LogP contribution in [0.2, 0.25) is 0 Å². The predicted molar refractivity (Wildman–Crippen MR) is 235 cm³/mol. The maximum atomic E-state index is 13.1. The Hall–Kier alpha value is -1.53. The second-order valence-corrected chi connectivity index (χ2v) is 17.2. The third kappa shape index (κ3) is 22.8. The van der Waals surface area contributed by atoms with E-state index < -0.39 is 86.8 Å². The van der Waals surface area contributed by atoms with E-state index in [0.717, 1.165) is 44.9 Å². The highest BCUT2D eigenvalue weighted by Crippen LogP contribution is 2.30. The van der Waals surface area contributed by atoms with Gasteiger partial charge in [-0.2, -0.15) is 0 Å². The van der Waals surface area contributed by atoms with Crippen molar-refractivity contribution in [3.05, 3.63) is 24.3 Å². The molecular formula is C47H87NO13. The lowest BCUT2D eigenvalue weighted by molar-refractivity contribution is -0.359. The number of carbonyl (C=O) groups excluding carboxylic acids is 1. The van der Waals surface area contributed by atoms with Crippen LogP contribution in [-0.2, 0) is 23.7 Å². The molecule has 12 unspecified atom stereocenters. The molecule has 0 radical (unpaired) electrons. The van der Waals surface area contributed by atoms with Crippen LogP contribution in [0.25, 0.3) is 0 Å². The summed E-state index contributed by atoms with van der Waals surface area (Å²) in [6.45, 7) is 2.73. The Labute approximate surface area is 367 Å². The summed E-state index contributed by atoms with van der Waals surface area (Å²) in [6.07, 6.45) is 19.5. The molecule has 61 heavy (non-hydrogen) atoms. The van der Waals surface area contributed by atoms with Crippen molar-refractivity contribution in [2.45, 2.75) is 248 Å². The van der Waals surface area contributed by atoms with Gasteiger partial charge in [-0.05, 0) is 44.9 Å². The van der Waals surface area contributed by atoms with Crippen LogP contribution >= 0.6 is 0 Å². The second kappa shape index (κ2) is 34.8. The van der Waals surface area contributed by atoms with Crippen LogP contribution in [0.3, 0.4) is 0 Å². The summed E-state index contributed by atoms with van der Waals surface area (Å²) in [4.78, 5) is 13.1. The zero-order valence-electron chi connectivity index (χ0n) is 37.7. The Bertz CT molecular complexity index is 1130. The lowest BCUT2D eigenvalue weighted by atomic mass is 9.97. The number of rotatable bonds is 36. The molecule has 0 aromatic heterocycles. The van der Waals surface area contributed by atoms with E-state index in [1.807, 2.05) is 6.08 Å². The fourth-order valence-corrected chi connectivity index (χ4v) is 7.87. The van der Waals surface area contributed by atoms with E-state index in [1.54, 1.807) is 6.08 Å². The van der Waals surface area contributed by atoms with Crippen LogP contribution in [0.15, 0.2) is 24.3 Å². The van der Waals surface area contributed by atoms with Gasteiger partial charge < -0.3 is 65.1 Å². The number of aliphatic hydroxyl groups excluding tert-OH is 8. The zero-order valence-corrected chi connectivity index (χ0v) is 37.7. The number of ether oxygens (including phenoxy) is 4. The largest absolute Gasteiger partial charge is 0.394 e. The minimum atomic E-state index is -1.79. The third-order valence-electron chi connectivity index (χ3n) is 11.9. The highest BCUT2D eigenvalue weighted by atomic mass is 16.7. The minimum Gasteiger partial charge on any atom is -0.394 e.